The highest BCUT2D eigenvalue weighted by molar-refractivity contribution is 4.64. The van der Waals surface area contributed by atoms with Crippen molar-refractivity contribution in [3.8, 4) is 0 Å². The molecule has 0 bridgehead atoms. The molecule has 0 radical (unpaired) electrons. The van der Waals surface area contributed by atoms with Crippen LogP contribution in [0.4, 0.5) is 4.39 Å². The van der Waals surface area contributed by atoms with Gasteiger partial charge in [0.2, 0.25) is 0 Å². The molecule has 0 unspecified atom stereocenters. The Morgan fingerprint density at radius 2 is 2.11 bits per heavy atom. The molecule has 0 amide bonds. The van der Waals surface area contributed by atoms with E-state index in [1.165, 1.54) is 0 Å². The average molecular weight is 133 g/mol. The van der Waals surface area contributed by atoms with E-state index in [0.717, 1.165) is 6.42 Å². The summed E-state index contributed by atoms with van der Waals surface area (Å²) in [7, 11) is 1.77. The van der Waals surface area contributed by atoms with Gasteiger partial charge < -0.3 is 5.32 Å². The minimum atomic E-state index is -0.681. The first-order valence-corrected chi connectivity index (χ1v) is 3.51. The number of hydrogen-bond donors (Lipinski definition) is 1. The van der Waals surface area contributed by atoms with E-state index < -0.39 is 6.17 Å². The van der Waals surface area contributed by atoms with Crippen LogP contribution in [-0.4, -0.2) is 19.8 Å². The minimum absolute atomic E-state index is 0.192. The molecule has 56 valence electrons. The first-order chi connectivity index (χ1) is 4.22. The summed E-state index contributed by atoms with van der Waals surface area (Å²) >= 11 is 0. The van der Waals surface area contributed by atoms with E-state index in [0.29, 0.717) is 6.54 Å². The van der Waals surface area contributed by atoms with Crippen LogP contribution in [0, 0.1) is 5.92 Å². The fraction of sp³-hybridized carbons (Fsp3) is 1.00. The van der Waals surface area contributed by atoms with Crippen LogP contribution in [0.15, 0.2) is 0 Å². The third-order valence-electron chi connectivity index (χ3n) is 1.66. The van der Waals surface area contributed by atoms with Crippen LogP contribution in [0.3, 0.4) is 0 Å². The van der Waals surface area contributed by atoms with Crippen molar-refractivity contribution in [3.05, 3.63) is 0 Å². The Hall–Kier alpha value is -0.110. The lowest BCUT2D eigenvalue weighted by molar-refractivity contribution is 0.233. The van der Waals surface area contributed by atoms with Gasteiger partial charge in [0.1, 0.15) is 6.17 Å². The van der Waals surface area contributed by atoms with Gasteiger partial charge in [0.05, 0.1) is 0 Å². The highest BCUT2D eigenvalue weighted by atomic mass is 19.1. The van der Waals surface area contributed by atoms with Crippen LogP contribution in [-0.2, 0) is 0 Å². The summed E-state index contributed by atoms with van der Waals surface area (Å²) in [5, 5.41) is 2.81. The number of alkyl halides is 1. The average Bonchev–Trinajstić information content (AvgIpc) is 1.87. The van der Waals surface area contributed by atoms with Gasteiger partial charge in [-0.1, -0.05) is 20.3 Å². The van der Waals surface area contributed by atoms with E-state index in [4.69, 9.17) is 0 Å². The van der Waals surface area contributed by atoms with Gasteiger partial charge in [0.15, 0.2) is 0 Å². The van der Waals surface area contributed by atoms with Crippen molar-refractivity contribution in [1.29, 1.82) is 0 Å². The lowest BCUT2D eigenvalue weighted by atomic mass is 10.0. The van der Waals surface area contributed by atoms with Crippen molar-refractivity contribution >= 4 is 0 Å². The van der Waals surface area contributed by atoms with Gasteiger partial charge >= 0.3 is 0 Å². The SMILES string of the molecule is CC[C@H](C)[C@H](F)CNC. The van der Waals surface area contributed by atoms with E-state index >= 15 is 0 Å². The molecule has 0 aromatic carbocycles. The molecule has 1 nitrogen and oxygen atoms in total. The van der Waals surface area contributed by atoms with Crippen molar-refractivity contribution in [2.75, 3.05) is 13.6 Å². The topological polar surface area (TPSA) is 12.0 Å². The number of halogens is 1. The number of rotatable bonds is 4. The van der Waals surface area contributed by atoms with Crippen LogP contribution in [0.2, 0.25) is 0 Å². The summed E-state index contributed by atoms with van der Waals surface area (Å²) < 4.78 is 12.7. The van der Waals surface area contributed by atoms with Crippen molar-refractivity contribution in [2.24, 2.45) is 5.92 Å². The quantitative estimate of drug-likeness (QED) is 0.614. The molecule has 0 aromatic rings. The van der Waals surface area contributed by atoms with Crippen LogP contribution in [0.1, 0.15) is 20.3 Å². The zero-order valence-electron chi connectivity index (χ0n) is 6.45. The molecular weight excluding hydrogens is 117 g/mol. The molecular formula is C7H16FN. The third-order valence-corrected chi connectivity index (χ3v) is 1.66. The van der Waals surface area contributed by atoms with E-state index in [2.05, 4.69) is 5.32 Å². The molecule has 0 spiro atoms. The Labute approximate surface area is 56.6 Å². The largest absolute Gasteiger partial charge is 0.317 e. The number of hydrogen-bond acceptors (Lipinski definition) is 1. The first-order valence-electron chi connectivity index (χ1n) is 3.51. The monoisotopic (exact) mass is 133 g/mol. The van der Waals surface area contributed by atoms with Gasteiger partial charge in [-0.3, -0.25) is 0 Å². The second-order valence-corrected chi connectivity index (χ2v) is 2.46. The van der Waals surface area contributed by atoms with Gasteiger partial charge in [-0.05, 0) is 13.0 Å². The molecule has 0 saturated heterocycles. The fourth-order valence-corrected chi connectivity index (χ4v) is 0.652. The normalized spacial score (nSPS) is 17.3. The third kappa shape index (κ3) is 3.46. The summed E-state index contributed by atoms with van der Waals surface area (Å²) in [4.78, 5) is 0. The van der Waals surface area contributed by atoms with Gasteiger partial charge in [0, 0.05) is 6.54 Å². The predicted octanol–water partition coefficient (Wildman–Crippen LogP) is 1.59. The maximum Gasteiger partial charge on any atom is 0.115 e. The van der Waals surface area contributed by atoms with E-state index in [1.54, 1.807) is 7.05 Å². The number of nitrogens with one attached hydrogen (secondary N) is 1. The highest BCUT2D eigenvalue weighted by Crippen LogP contribution is 2.09. The van der Waals surface area contributed by atoms with Crippen molar-refractivity contribution in [2.45, 2.75) is 26.4 Å². The molecule has 0 aromatic heterocycles. The van der Waals surface area contributed by atoms with Crippen LogP contribution in [0.5, 0.6) is 0 Å². The predicted molar refractivity (Wildman–Crippen MR) is 38.3 cm³/mol. The smallest absolute Gasteiger partial charge is 0.115 e. The minimum Gasteiger partial charge on any atom is -0.317 e. The van der Waals surface area contributed by atoms with Crippen LogP contribution >= 0.6 is 0 Å². The molecule has 2 heteroatoms. The van der Waals surface area contributed by atoms with Crippen LogP contribution in [0.25, 0.3) is 0 Å². The summed E-state index contributed by atoms with van der Waals surface area (Å²) in [6.45, 7) is 4.42. The Bertz CT molecular complexity index is 65.9. The van der Waals surface area contributed by atoms with E-state index in [1.807, 2.05) is 13.8 Å². The second kappa shape index (κ2) is 4.74. The molecule has 0 saturated carbocycles. The van der Waals surface area contributed by atoms with Crippen LogP contribution < -0.4 is 5.32 Å². The maximum absolute atomic E-state index is 12.7. The molecule has 0 aliphatic carbocycles. The van der Waals surface area contributed by atoms with Gasteiger partial charge in [0.25, 0.3) is 0 Å². The Morgan fingerprint density at radius 3 is 2.44 bits per heavy atom. The second-order valence-electron chi connectivity index (χ2n) is 2.46. The summed E-state index contributed by atoms with van der Waals surface area (Å²) in [5.41, 5.74) is 0. The Balaban J connectivity index is 3.32. The van der Waals surface area contributed by atoms with Crippen molar-refractivity contribution in [3.63, 3.8) is 0 Å². The van der Waals surface area contributed by atoms with Gasteiger partial charge in [-0.2, -0.15) is 0 Å². The molecule has 2 atom stereocenters. The molecule has 1 N–H and O–H groups in total. The maximum atomic E-state index is 12.7. The fourth-order valence-electron chi connectivity index (χ4n) is 0.652. The molecule has 0 rings (SSSR count). The summed E-state index contributed by atoms with van der Waals surface area (Å²) in [5.74, 6) is 0.192. The van der Waals surface area contributed by atoms with Gasteiger partial charge in [-0.25, -0.2) is 4.39 Å². The summed E-state index contributed by atoms with van der Waals surface area (Å²) in [6, 6.07) is 0. The molecule has 0 aliphatic rings. The van der Waals surface area contributed by atoms with E-state index in [9.17, 15) is 4.39 Å². The molecule has 0 fully saturated rings. The lowest BCUT2D eigenvalue weighted by Crippen LogP contribution is -2.25. The first kappa shape index (κ1) is 8.89. The standard InChI is InChI=1S/C7H16FN/c1-4-6(2)7(8)5-9-3/h6-7,9H,4-5H2,1-3H3/t6-,7+/m0/s1. The van der Waals surface area contributed by atoms with Crippen molar-refractivity contribution in [1.82, 2.24) is 5.32 Å². The Kier molecular flexibility index (Phi) is 4.68. The molecule has 0 heterocycles. The zero-order valence-corrected chi connectivity index (χ0v) is 6.45. The van der Waals surface area contributed by atoms with Gasteiger partial charge in [-0.15, -0.1) is 0 Å². The highest BCUT2D eigenvalue weighted by Gasteiger charge is 2.11. The van der Waals surface area contributed by atoms with E-state index in [-0.39, 0.29) is 5.92 Å². The molecule has 0 aliphatic heterocycles. The Morgan fingerprint density at radius 1 is 1.56 bits per heavy atom. The molecule has 9 heavy (non-hydrogen) atoms. The lowest BCUT2D eigenvalue weighted by Gasteiger charge is -2.13. The summed E-state index contributed by atoms with van der Waals surface area (Å²) in [6.07, 6.45) is 0.239. The zero-order chi connectivity index (χ0) is 7.28. The van der Waals surface area contributed by atoms with Crippen molar-refractivity contribution < 1.29 is 4.39 Å².